The summed E-state index contributed by atoms with van der Waals surface area (Å²) in [6.45, 7) is 2.00. The van der Waals surface area contributed by atoms with E-state index in [0.29, 0.717) is 0 Å². The predicted molar refractivity (Wildman–Crippen MR) is 20.3 cm³/mol. The van der Waals surface area contributed by atoms with E-state index in [0.717, 1.165) is 13.2 Å². The van der Waals surface area contributed by atoms with Gasteiger partial charge < -0.3 is 4.74 Å². The fourth-order valence-corrected chi connectivity index (χ4v) is 0. The van der Waals surface area contributed by atoms with Crippen molar-refractivity contribution >= 4 is 0 Å². The molecule has 0 bridgehead atoms. The van der Waals surface area contributed by atoms with Crippen LogP contribution in [0.2, 0.25) is 0 Å². The predicted octanol–water partition coefficient (Wildman–Crippen LogP) is 0.892. The van der Waals surface area contributed by atoms with Crippen LogP contribution in [0, 0.1) is 5.53 Å². The van der Waals surface area contributed by atoms with Gasteiger partial charge >= 0.3 is 0 Å². The first kappa shape index (κ1) is 5.27. The molecule has 0 aromatic heterocycles. The Kier molecular flexibility index (Phi) is 3.75. The fourth-order valence-electron chi connectivity index (χ4n) is 0. The molecule has 1 saturated heterocycles. The molecule has 0 aromatic carbocycles. The lowest BCUT2D eigenvalue weighted by molar-refractivity contribution is 0.475. The maximum Gasteiger partial charge on any atom is 0.0701 e. The lowest BCUT2D eigenvalue weighted by atomic mass is 11.0. The molecular weight excluding hydrogens is 82.0 g/mol. The summed E-state index contributed by atoms with van der Waals surface area (Å²) >= 11 is 0. The minimum atomic E-state index is 1.00. The number of rotatable bonds is 0. The molecule has 1 aliphatic heterocycles. The van der Waals surface area contributed by atoms with Crippen LogP contribution in [0.1, 0.15) is 0 Å². The van der Waals surface area contributed by atoms with Crippen molar-refractivity contribution in [3.05, 3.63) is 10.4 Å². The van der Waals surface area contributed by atoms with Crippen LogP contribution in [0.25, 0.3) is 10.4 Å². The maximum absolute atomic E-state index is 6.86. The number of hydrogen-bond donors (Lipinski definition) is 1. The lowest BCUT2D eigenvalue weighted by Gasteiger charge is -1.24. The molecule has 1 fully saturated rings. The van der Waals surface area contributed by atoms with Crippen LogP contribution in [-0.2, 0) is 4.74 Å². The molecule has 1 aliphatic rings. The monoisotopic (exact) mass is 87.0 g/mol. The van der Waals surface area contributed by atoms with E-state index in [2.05, 4.69) is 4.74 Å². The molecule has 0 saturated carbocycles. The van der Waals surface area contributed by atoms with E-state index in [-0.39, 0.29) is 0 Å². The summed E-state index contributed by atoms with van der Waals surface area (Å²) in [6, 6.07) is 0. The van der Waals surface area contributed by atoms with Crippen LogP contribution in [0.4, 0.5) is 0 Å². The van der Waals surface area contributed by atoms with Crippen LogP contribution >= 0.6 is 0 Å². The molecule has 34 valence electrons. The van der Waals surface area contributed by atoms with Crippen molar-refractivity contribution in [3.63, 3.8) is 0 Å². The van der Waals surface area contributed by atoms with Crippen molar-refractivity contribution in [3.8, 4) is 0 Å². The van der Waals surface area contributed by atoms with Gasteiger partial charge in [0.15, 0.2) is 0 Å². The van der Waals surface area contributed by atoms with Crippen molar-refractivity contribution in [1.82, 2.24) is 0 Å². The third-order valence-corrected chi connectivity index (χ3v) is 0.204. The van der Waals surface area contributed by atoms with Crippen molar-refractivity contribution in [2.24, 2.45) is 0 Å². The average Bonchev–Trinajstić information content (AvgIpc) is 2.11. The first-order valence-electron chi connectivity index (χ1n) is 1.50. The van der Waals surface area contributed by atoms with Gasteiger partial charge in [-0.25, -0.2) is 0 Å². The molecule has 4 nitrogen and oxygen atoms in total. The highest BCUT2D eigenvalue weighted by Gasteiger charge is 1.94. The topological polar surface area (TPSA) is 72.8 Å². The van der Waals surface area contributed by atoms with Gasteiger partial charge in [0.2, 0.25) is 0 Å². The summed E-state index contributed by atoms with van der Waals surface area (Å²) in [7, 11) is 0. The van der Waals surface area contributed by atoms with Gasteiger partial charge in [-0.1, -0.05) is 0 Å². The SMILES string of the molecule is C1CO1.[N-]=[N+]=N. The third-order valence-electron chi connectivity index (χ3n) is 0.204. The largest absolute Gasteiger partial charge is 0.377 e. The van der Waals surface area contributed by atoms with Gasteiger partial charge in [0, 0.05) is 0 Å². The number of nitrogens with one attached hydrogen (secondary N) is 1. The summed E-state index contributed by atoms with van der Waals surface area (Å²) in [6.07, 6.45) is 0. The van der Waals surface area contributed by atoms with Crippen LogP contribution in [0.3, 0.4) is 0 Å². The second-order valence-corrected chi connectivity index (χ2v) is 0.712. The Balaban J connectivity index is 0.0000000833. The summed E-state index contributed by atoms with van der Waals surface area (Å²) in [5, 5.41) is 0. The number of hydrogen-bond acceptors (Lipinski definition) is 2. The van der Waals surface area contributed by atoms with Crippen molar-refractivity contribution in [1.29, 1.82) is 5.53 Å². The van der Waals surface area contributed by atoms with Gasteiger partial charge in [0.05, 0.1) is 13.2 Å². The van der Waals surface area contributed by atoms with Crippen LogP contribution in [0.15, 0.2) is 0 Å². The first-order valence-corrected chi connectivity index (χ1v) is 1.50. The third kappa shape index (κ3) is 231. The van der Waals surface area contributed by atoms with E-state index in [1.807, 2.05) is 0 Å². The Morgan fingerprint density at radius 1 is 1.67 bits per heavy atom. The minimum absolute atomic E-state index is 1.00. The van der Waals surface area contributed by atoms with Gasteiger partial charge in [0.1, 0.15) is 0 Å². The first-order chi connectivity index (χ1) is 2.91. The second kappa shape index (κ2) is 4.27. The Labute approximate surface area is 35.1 Å². The maximum atomic E-state index is 6.86. The van der Waals surface area contributed by atoms with E-state index >= 15 is 0 Å². The highest BCUT2D eigenvalue weighted by molar-refractivity contribution is 4.36. The Morgan fingerprint density at radius 2 is 1.83 bits per heavy atom. The highest BCUT2D eigenvalue weighted by atomic mass is 16.6. The Bertz CT molecular complexity index is 51.1. The Morgan fingerprint density at radius 3 is 1.83 bits per heavy atom. The molecule has 0 unspecified atom stereocenters. The lowest BCUT2D eigenvalue weighted by Crippen LogP contribution is -1.20. The molecule has 0 spiro atoms. The summed E-state index contributed by atoms with van der Waals surface area (Å²) in [5.41, 5.74) is 12.2. The van der Waals surface area contributed by atoms with Crippen molar-refractivity contribution < 1.29 is 4.74 Å². The molecule has 0 amide bonds. The van der Waals surface area contributed by atoms with E-state index in [1.54, 1.807) is 4.91 Å². The molecule has 6 heavy (non-hydrogen) atoms. The van der Waals surface area contributed by atoms with Gasteiger partial charge in [-0.3, -0.25) is 0 Å². The highest BCUT2D eigenvalue weighted by Crippen LogP contribution is 1.84. The zero-order chi connectivity index (χ0) is 4.83. The molecule has 1 N–H and O–H groups in total. The molecule has 1 heterocycles. The zero-order valence-electron chi connectivity index (χ0n) is 3.22. The van der Waals surface area contributed by atoms with Gasteiger partial charge in [-0.2, -0.15) is 0 Å². The molecule has 0 radical (unpaired) electrons. The van der Waals surface area contributed by atoms with Gasteiger partial charge in [-0.15, -0.1) is 5.53 Å². The van der Waals surface area contributed by atoms with Crippen molar-refractivity contribution in [2.75, 3.05) is 13.2 Å². The van der Waals surface area contributed by atoms with Crippen LogP contribution in [0.5, 0.6) is 0 Å². The summed E-state index contributed by atoms with van der Waals surface area (Å²) in [5.74, 6) is 0. The number of ether oxygens (including phenoxy) is 1. The Hall–Kier alpha value is -0.730. The molecule has 0 atom stereocenters. The van der Waals surface area contributed by atoms with Gasteiger partial charge in [-0.05, 0) is 10.4 Å². The second-order valence-electron chi connectivity index (χ2n) is 0.712. The quantitative estimate of drug-likeness (QED) is 0.202. The molecule has 1 rings (SSSR count). The molecule has 0 aliphatic carbocycles. The summed E-state index contributed by atoms with van der Waals surface area (Å²) in [4.78, 5) is 1.75. The molecule has 0 aromatic rings. The number of nitrogens with zero attached hydrogens (tertiary/aromatic N) is 2. The van der Waals surface area contributed by atoms with Crippen molar-refractivity contribution in [2.45, 2.75) is 0 Å². The van der Waals surface area contributed by atoms with E-state index in [9.17, 15) is 0 Å². The molecular formula is C2H5N3O. The molecule has 4 heteroatoms. The van der Waals surface area contributed by atoms with Crippen LogP contribution < -0.4 is 0 Å². The minimum Gasteiger partial charge on any atom is -0.377 e. The number of epoxide rings is 1. The smallest absolute Gasteiger partial charge is 0.0701 e. The van der Waals surface area contributed by atoms with E-state index in [1.165, 1.54) is 0 Å². The average molecular weight is 87.1 g/mol. The fraction of sp³-hybridized carbons (Fsp3) is 1.00. The van der Waals surface area contributed by atoms with Gasteiger partial charge in [0.25, 0.3) is 0 Å². The van der Waals surface area contributed by atoms with Crippen LogP contribution in [-0.4, -0.2) is 13.2 Å². The normalized spacial score (nSPS) is 13.3. The van der Waals surface area contributed by atoms with E-state index < -0.39 is 0 Å². The zero-order valence-corrected chi connectivity index (χ0v) is 3.22. The van der Waals surface area contributed by atoms with E-state index in [4.69, 9.17) is 11.1 Å². The summed E-state index contributed by atoms with van der Waals surface area (Å²) < 4.78 is 4.50. The standard InChI is InChI=1S/C2H4O.HN3/c1-2-3-1;1-3-2/h1-2H2;1H.